The lowest BCUT2D eigenvalue weighted by molar-refractivity contribution is -0.121. The Bertz CT molecular complexity index is 1690. The molecule has 0 unspecified atom stereocenters. The smallest absolute Gasteiger partial charge is 0.294 e. The van der Waals surface area contributed by atoms with Gasteiger partial charge < -0.3 is 20.7 Å². The summed E-state index contributed by atoms with van der Waals surface area (Å²) in [7, 11) is 0. The summed E-state index contributed by atoms with van der Waals surface area (Å²) < 4.78 is 1.44. The van der Waals surface area contributed by atoms with Crippen molar-refractivity contribution in [1.82, 2.24) is 24.8 Å². The van der Waals surface area contributed by atoms with Crippen molar-refractivity contribution >= 4 is 22.6 Å². The van der Waals surface area contributed by atoms with Crippen molar-refractivity contribution in [2.75, 3.05) is 11.9 Å². The third-order valence-electron chi connectivity index (χ3n) is 7.28. The van der Waals surface area contributed by atoms with Gasteiger partial charge in [-0.2, -0.15) is 0 Å². The Morgan fingerprint density at radius 2 is 1.90 bits per heavy atom. The predicted octanol–water partition coefficient (Wildman–Crippen LogP) is 3.74. The second kappa shape index (κ2) is 10.8. The molecule has 9 nitrogen and oxygen atoms in total. The van der Waals surface area contributed by atoms with Crippen LogP contribution in [0.25, 0.3) is 22.2 Å². The summed E-state index contributed by atoms with van der Waals surface area (Å²) in [4.78, 5) is 38.5. The number of amides is 1. The fourth-order valence-electron chi connectivity index (χ4n) is 4.86. The van der Waals surface area contributed by atoms with E-state index >= 15 is 0 Å². The molecule has 1 aliphatic carbocycles. The molecule has 1 fully saturated rings. The average Bonchev–Trinajstić information content (AvgIpc) is 3.59. The molecule has 0 saturated heterocycles. The molecule has 0 radical (unpaired) electrons. The van der Waals surface area contributed by atoms with Crippen LogP contribution in [0.15, 0.2) is 90.1 Å². The molecule has 40 heavy (non-hydrogen) atoms. The number of pyridine rings is 1. The summed E-state index contributed by atoms with van der Waals surface area (Å²) in [5, 5.41) is 17.7. The maximum absolute atomic E-state index is 13.6. The highest BCUT2D eigenvalue weighted by Crippen LogP contribution is 2.45. The third kappa shape index (κ3) is 5.50. The predicted molar refractivity (Wildman–Crippen MR) is 154 cm³/mol. The van der Waals surface area contributed by atoms with E-state index in [4.69, 9.17) is 0 Å². The van der Waals surface area contributed by atoms with Gasteiger partial charge in [0.1, 0.15) is 6.54 Å². The van der Waals surface area contributed by atoms with Crippen LogP contribution in [-0.2, 0) is 29.9 Å². The minimum atomic E-state index is -0.819. The van der Waals surface area contributed by atoms with Crippen LogP contribution in [0, 0.1) is 0 Å². The van der Waals surface area contributed by atoms with Gasteiger partial charge in [0, 0.05) is 41.1 Å². The number of aromatic nitrogens is 4. The molecule has 0 atom stereocenters. The molecule has 4 N–H and O–H groups in total. The Kier molecular flexibility index (Phi) is 6.88. The van der Waals surface area contributed by atoms with Crippen molar-refractivity contribution in [3.63, 3.8) is 0 Å². The molecule has 0 spiro atoms. The number of carbonyl (C=O) groups is 1. The van der Waals surface area contributed by atoms with Crippen LogP contribution in [0.5, 0.6) is 0 Å². The lowest BCUT2D eigenvalue weighted by Gasteiger charge is -2.16. The summed E-state index contributed by atoms with van der Waals surface area (Å²) in [6.45, 7) is 0.628. The number of carbonyl (C=O) groups excluding carboxylic acids is 1. The van der Waals surface area contributed by atoms with Crippen molar-refractivity contribution in [2.45, 2.75) is 38.0 Å². The summed E-state index contributed by atoms with van der Waals surface area (Å²) in [6.07, 6.45) is 7.22. The standard InChI is InChI=1S/C31H30N6O3/c38-28(34-18-25-16-23-17-32-13-10-26(23)36-25)20-37-27(22-7-4-8-24(15-22)31(40)11-12-31)19-35-29(30(37)39)33-14-9-21-5-2-1-3-6-21/h1-8,10,13,15-17,19,36,40H,9,11-12,14,18,20H2,(H,33,35)(H,34,38). The summed E-state index contributed by atoms with van der Waals surface area (Å²) >= 11 is 0. The average molecular weight is 535 g/mol. The van der Waals surface area contributed by atoms with Gasteiger partial charge in [0.25, 0.3) is 5.56 Å². The minimum Gasteiger partial charge on any atom is -0.385 e. The molecule has 2 aromatic carbocycles. The number of rotatable bonds is 10. The number of fused-ring (bicyclic) bond motifs is 1. The number of nitrogens with one attached hydrogen (secondary N) is 3. The molecule has 1 amide bonds. The maximum atomic E-state index is 13.6. The van der Waals surface area contributed by atoms with Gasteiger partial charge >= 0.3 is 0 Å². The lowest BCUT2D eigenvalue weighted by atomic mass is 10.0. The van der Waals surface area contributed by atoms with E-state index in [1.165, 1.54) is 4.57 Å². The van der Waals surface area contributed by atoms with Gasteiger partial charge in [-0.15, -0.1) is 0 Å². The number of aliphatic hydroxyl groups is 1. The number of hydrogen-bond acceptors (Lipinski definition) is 6. The zero-order valence-corrected chi connectivity index (χ0v) is 21.9. The quantitative estimate of drug-likeness (QED) is 0.216. The minimum absolute atomic E-state index is 0.180. The van der Waals surface area contributed by atoms with Crippen molar-refractivity contribution in [3.05, 3.63) is 112 Å². The molecular weight excluding hydrogens is 504 g/mol. The molecule has 6 rings (SSSR count). The van der Waals surface area contributed by atoms with Gasteiger partial charge in [0.15, 0.2) is 5.82 Å². The molecular formula is C31H30N6O3. The second-order valence-corrected chi connectivity index (χ2v) is 10.2. The lowest BCUT2D eigenvalue weighted by Crippen LogP contribution is -2.34. The summed E-state index contributed by atoms with van der Waals surface area (Å²) in [6, 6.07) is 21.3. The van der Waals surface area contributed by atoms with Gasteiger partial charge in [-0.1, -0.05) is 48.5 Å². The fraction of sp³-hybridized carbons (Fsp3) is 0.226. The number of anilines is 1. The van der Waals surface area contributed by atoms with E-state index in [9.17, 15) is 14.7 Å². The third-order valence-corrected chi connectivity index (χ3v) is 7.28. The molecule has 0 bridgehead atoms. The maximum Gasteiger partial charge on any atom is 0.294 e. The topological polar surface area (TPSA) is 125 Å². The molecule has 9 heteroatoms. The Morgan fingerprint density at radius 3 is 2.70 bits per heavy atom. The van der Waals surface area contributed by atoms with E-state index < -0.39 is 5.60 Å². The van der Waals surface area contributed by atoms with Crippen LogP contribution in [-0.4, -0.2) is 37.1 Å². The number of H-pyrrole nitrogens is 1. The Hall–Kier alpha value is -4.76. The molecule has 1 saturated carbocycles. The summed E-state index contributed by atoms with van der Waals surface area (Å²) in [5.74, 6) is -0.119. The SMILES string of the molecule is O=C(Cn1c(-c2cccc(C3(O)CC3)c2)cnc(NCCc2ccccc2)c1=O)NCc1cc2cnccc2[nH]1. The molecule has 1 aliphatic rings. The highest BCUT2D eigenvalue weighted by atomic mass is 16.3. The van der Waals surface area contributed by atoms with E-state index in [0.717, 1.165) is 34.1 Å². The Morgan fingerprint density at radius 1 is 1.05 bits per heavy atom. The van der Waals surface area contributed by atoms with Crippen molar-refractivity contribution in [2.24, 2.45) is 0 Å². The molecule has 202 valence electrons. The second-order valence-electron chi connectivity index (χ2n) is 10.2. The highest BCUT2D eigenvalue weighted by Gasteiger charge is 2.42. The monoisotopic (exact) mass is 534 g/mol. The Labute approximate surface area is 230 Å². The van der Waals surface area contributed by atoms with E-state index in [1.54, 1.807) is 18.6 Å². The first-order chi connectivity index (χ1) is 19.5. The molecule has 5 aromatic rings. The number of benzene rings is 2. The van der Waals surface area contributed by atoms with Gasteiger partial charge in [0.05, 0.1) is 24.0 Å². The van der Waals surface area contributed by atoms with Gasteiger partial charge in [-0.3, -0.25) is 19.1 Å². The number of aromatic amines is 1. The zero-order valence-electron chi connectivity index (χ0n) is 21.9. The van der Waals surface area contributed by atoms with Crippen molar-refractivity contribution < 1.29 is 9.90 Å². The van der Waals surface area contributed by atoms with E-state index in [-0.39, 0.29) is 30.4 Å². The first-order valence-electron chi connectivity index (χ1n) is 13.4. The summed E-state index contributed by atoms with van der Waals surface area (Å²) in [5.41, 5.74) is 3.75. The van der Waals surface area contributed by atoms with Crippen LogP contribution in [0.1, 0.15) is 29.7 Å². The van der Waals surface area contributed by atoms with Crippen LogP contribution in [0.4, 0.5) is 5.82 Å². The Balaban J connectivity index is 1.24. The van der Waals surface area contributed by atoms with Crippen LogP contribution < -0.4 is 16.2 Å². The van der Waals surface area contributed by atoms with E-state index in [2.05, 4.69) is 25.6 Å². The van der Waals surface area contributed by atoms with Gasteiger partial charge in [-0.25, -0.2) is 4.98 Å². The number of nitrogens with zero attached hydrogens (tertiary/aromatic N) is 3. The van der Waals surface area contributed by atoms with Crippen LogP contribution in [0.3, 0.4) is 0 Å². The zero-order chi connectivity index (χ0) is 27.5. The van der Waals surface area contributed by atoms with Crippen molar-refractivity contribution in [1.29, 1.82) is 0 Å². The van der Waals surface area contributed by atoms with Gasteiger partial charge in [-0.05, 0) is 48.6 Å². The van der Waals surface area contributed by atoms with Gasteiger partial charge in [0.2, 0.25) is 5.91 Å². The first-order valence-corrected chi connectivity index (χ1v) is 13.4. The largest absolute Gasteiger partial charge is 0.385 e. The van der Waals surface area contributed by atoms with Crippen molar-refractivity contribution in [3.8, 4) is 11.3 Å². The van der Waals surface area contributed by atoms with E-state index in [1.807, 2.05) is 66.7 Å². The molecule has 3 heterocycles. The molecule has 0 aliphatic heterocycles. The molecule has 3 aromatic heterocycles. The van der Waals surface area contributed by atoms with Crippen LogP contribution >= 0.6 is 0 Å². The highest BCUT2D eigenvalue weighted by molar-refractivity contribution is 5.80. The first kappa shape index (κ1) is 25.5. The normalized spacial score (nSPS) is 13.7. The van der Waals surface area contributed by atoms with Crippen LogP contribution in [0.2, 0.25) is 0 Å². The number of hydrogen-bond donors (Lipinski definition) is 4. The fourth-order valence-corrected chi connectivity index (χ4v) is 4.86. The van der Waals surface area contributed by atoms with E-state index in [0.29, 0.717) is 30.6 Å².